The van der Waals surface area contributed by atoms with Crippen molar-refractivity contribution in [3.63, 3.8) is 0 Å². The molecule has 0 aromatic heterocycles. The van der Waals surface area contributed by atoms with Gasteiger partial charge in [-0.1, -0.05) is 43.5 Å². The van der Waals surface area contributed by atoms with E-state index in [1.54, 1.807) is 45.9 Å². The van der Waals surface area contributed by atoms with Gasteiger partial charge in [-0.2, -0.15) is 0 Å². The van der Waals surface area contributed by atoms with E-state index in [1.807, 2.05) is 0 Å². The van der Waals surface area contributed by atoms with Gasteiger partial charge in [-0.05, 0) is 46.1 Å². The summed E-state index contributed by atoms with van der Waals surface area (Å²) in [5.74, 6) is -1.25. The van der Waals surface area contributed by atoms with Gasteiger partial charge in [-0.25, -0.2) is 4.79 Å². The lowest BCUT2D eigenvalue weighted by Gasteiger charge is -2.35. The molecule has 1 aromatic carbocycles. The van der Waals surface area contributed by atoms with Crippen molar-refractivity contribution in [2.24, 2.45) is 0 Å². The molecule has 1 aromatic rings. The van der Waals surface area contributed by atoms with E-state index < -0.39 is 42.2 Å². The average molecular weight is 490 g/mol. The molecule has 9 heteroatoms. The summed E-state index contributed by atoms with van der Waals surface area (Å²) in [6, 6.07) is 2.41. The molecule has 0 aliphatic heterocycles. The first-order valence-corrected chi connectivity index (χ1v) is 12.1. The van der Waals surface area contributed by atoms with E-state index in [4.69, 9.17) is 4.74 Å². The molecule has 9 nitrogen and oxygen atoms in total. The van der Waals surface area contributed by atoms with Crippen LogP contribution in [0.25, 0.3) is 0 Å². The van der Waals surface area contributed by atoms with Gasteiger partial charge >= 0.3 is 6.09 Å². The fourth-order valence-corrected chi connectivity index (χ4v) is 4.18. The van der Waals surface area contributed by atoms with Crippen molar-refractivity contribution < 1.29 is 29.3 Å². The van der Waals surface area contributed by atoms with Crippen LogP contribution in [0.1, 0.15) is 70.0 Å². The lowest BCUT2D eigenvalue weighted by molar-refractivity contribution is -0.143. The Hall–Kier alpha value is -3.07. The summed E-state index contributed by atoms with van der Waals surface area (Å²) < 4.78 is 5.22. The number of alkyl carbamates (subject to hydrolysis) is 1. The van der Waals surface area contributed by atoms with E-state index >= 15 is 0 Å². The van der Waals surface area contributed by atoms with Crippen molar-refractivity contribution in [2.45, 2.75) is 83.5 Å². The van der Waals surface area contributed by atoms with Gasteiger partial charge in [0.1, 0.15) is 23.4 Å². The number of amides is 3. The maximum Gasteiger partial charge on any atom is 0.408 e. The van der Waals surface area contributed by atoms with E-state index in [0.717, 1.165) is 32.1 Å². The third kappa shape index (κ3) is 7.99. The maximum atomic E-state index is 13.6. The SMILES string of the molecule is C=CCN(C(=O)C(CO)NC(=O)OC(C)(C)C)C(C(=O)NC1CCCCC1)c1cccc(C)c1O. The van der Waals surface area contributed by atoms with Crippen LogP contribution in [0.5, 0.6) is 5.75 Å². The van der Waals surface area contributed by atoms with Gasteiger partial charge in [-0.15, -0.1) is 6.58 Å². The molecule has 1 fully saturated rings. The van der Waals surface area contributed by atoms with Gasteiger partial charge in [-0.3, -0.25) is 9.59 Å². The number of nitrogens with one attached hydrogen (secondary N) is 2. The molecule has 0 spiro atoms. The summed E-state index contributed by atoms with van der Waals surface area (Å²) in [5, 5.41) is 26.1. The number of phenolic OH excluding ortho intramolecular Hbond substituents is 1. The average Bonchev–Trinajstić information content (AvgIpc) is 2.79. The number of para-hydroxylation sites is 1. The summed E-state index contributed by atoms with van der Waals surface area (Å²) in [6.45, 7) is 9.69. The molecule has 0 saturated heterocycles. The van der Waals surface area contributed by atoms with Gasteiger partial charge in [0.15, 0.2) is 0 Å². The number of aliphatic hydroxyl groups excluding tert-OH is 1. The predicted molar refractivity (Wildman–Crippen MR) is 133 cm³/mol. The highest BCUT2D eigenvalue weighted by atomic mass is 16.6. The normalized spacial score (nSPS) is 16.0. The predicted octanol–water partition coefficient (Wildman–Crippen LogP) is 3.09. The highest BCUT2D eigenvalue weighted by Crippen LogP contribution is 2.32. The minimum absolute atomic E-state index is 0.0279. The fraction of sp³-hybridized carbons (Fsp3) is 0.577. The molecule has 1 aliphatic carbocycles. The Morgan fingerprint density at radius 3 is 2.46 bits per heavy atom. The number of hydrogen-bond acceptors (Lipinski definition) is 6. The Bertz CT molecular complexity index is 905. The van der Waals surface area contributed by atoms with E-state index in [1.165, 1.54) is 11.0 Å². The minimum Gasteiger partial charge on any atom is -0.507 e. The van der Waals surface area contributed by atoms with Crippen LogP contribution >= 0.6 is 0 Å². The Morgan fingerprint density at radius 2 is 1.89 bits per heavy atom. The molecular weight excluding hydrogens is 450 g/mol. The number of rotatable bonds is 9. The number of phenols is 1. The smallest absolute Gasteiger partial charge is 0.408 e. The number of hydrogen-bond donors (Lipinski definition) is 4. The van der Waals surface area contributed by atoms with Crippen LogP contribution in [0.15, 0.2) is 30.9 Å². The van der Waals surface area contributed by atoms with Gasteiger partial charge in [0.25, 0.3) is 0 Å². The third-order valence-electron chi connectivity index (χ3n) is 5.86. The second kappa shape index (κ2) is 12.6. The van der Waals surface area contributed by atoms with Crippen LogP contribution in [0.2, 0.25) is 0 Å². The summed E-state index contributed by atoms with van der Waals surface area (Å²) in [6.07, 6.45) is 5.39. The highest BCUT2D eigenvalue weighted by molar-refractivity contribution is 5.93. The first kappa shape index (κ1) is 28.2. The summed E-state index contributed by atoms with van der Waals surface area (Å²) in [5.41, 5.74) is 0.000928. The molecule has 194 valence electrons. The van der Waals surface area contributed by atoms with Crippen molar-refractivity contribution in [1.29, 1.82) is 0 Å². The zero-order valence-corrected chi connectivity index (χ0v) is 21.2. The Kier molecular flexibility index (Phi) is 10.1. The molecule has 3 amide bonds. The van der Waals surface area contributed by atoms with Crippen LogP contribution in [0, 0.1) is 6.92 Å². The van der Waals surface area contributed by atoms with Crippen LogP contribution < -0.4 is 10.6 Å². The van der Waals surface area contributed by atoms with Gasteiger partial charge in [0.05, 0.1) is 6.61 Å². The van der Waals surface area contributed by atoms with Crippen molar-refractivity contribution in [1.82, 2.24) is 15.5 Å². The van der Waals surface area contributed by atoms with Crippen LogP contribution in [0.4, 0.5) is 4.79 Å². The van der Waals surface area contributed by atoms with E-state index in [2.05, 4.69) is 17.2 Å². The highest BCUT2D eigenvalue weighted by Gasteiger charge is 2.37. The molecular formula is C26H39N3O6. The van der Waals surface area contributed by atoms with Crippen LogP contribution in [0.3, 0.4) is 0 Å². The number of aryl methyl sites for hydroxylation is 1. The van der Waals surface area contributed by atoms with Gasteiger partial charge in [0.2, 0.25) is 11.8 Å². The monoisotopic (exact) mass is 489 g/mol. The van der Waals surface area contributed by atoms with Crippen molar-refractivity contribution in [2.75, 3.05) is 13.2 Å². The van der Waals surface area contributed by atoms with Crippen LogP contribution in [-0.2, 0) is 14.3 Å². The van der Waals surface area contributed by atoms with Crippen molar-refractivity contribution in [3.05, 3.63) is 42.0 Å². The minimum atomic E-state index is -1.36. The second-order valence-electron chi connectivity index (χ2n) is 9.92. The Morgan fingerprint density at radius 1 is 1.23 bits per heavy atom. The number of nitrogens with zero attached hydrogens (tertiary/aromatic N) is 1. The maximum absolute atomic E-state index is 13.6. The number of carbonyl (C=O) groups is 3. The summed E-state index contributed by atoms with van der Waals surface area (Å²) >= 11 is 0. The lowest BCUT2D eigenvalue weighted by atomic mass is 9.94. The lowest BCUT2D eigenvalue weighted by Crippen LogP contribution is -2.55. The fourth-order valence-electron chi connectivity index (χ4n) is 4.18. The van der Waals surface area contributed by atoms with Crippen molar-refractivity contribution >= 4 is 17.9 Å². The molecule has 4 N–H and O–H groups in total. The Labute approximate surface area is 207 Å². The molecule has 1 aliphatic rings. The molecule has 2 rings (SSSR count). The second-order valence-corrected chi connectivity index (χ2v) is 9.92. The molecule has 0 heterocycles. The summed E-state index contributed by atoms with van der Waals surface area (Å²) in [7, 11) is 0. The molecule has 35 heavy (non-hydrogen) atoms. The molecule has 0 bridgehead atoms. The quantitative estimate of drug-likeness (QED) is 0.395. The third-order valence-corrected chi connectivity index (χ3v) is 5.86. The zero-order valence-electron chi connectivity index (χ0n) is 21.2. The van der Waals surface area contributed by atoms with E-state index in [-0.39, 0.29) is 23.9 Å². The Balaban J connectivity index is 2.42. The standard InChI is InChI=1S/C26H39N3O6/c1-6-15-29(24(33)20(16-30)28-25(34)35-26(3,4)5)21(19-14-10-11-17(2)22(19)31)23(32)27-18-12-8-7-9-13-18/h6,10-11,14,18,20-21,30-31H,1,7-9,12-13,15-16H2,2-5H3,(H,27,32)(H,28,34). The molecule has 1 saturated carbocycles. The topological polar surface area (TPSA) is 128 Å². The van der Waals surface area contributed by atoms with E-state index in [9.17, 15) is 24.6 Å². The first-order valence-electron chi connectivity index (χ1n) is 12.1. The molecule has 2 unspecified atom stereocenters. The number of carbonyl (C=O) groups excluding carboxylic acids is 3. The largest absolute Gasteiger partial charge is 0.507 e. The number of ether oxygens (including phenoxy) is 1. The van der Waals surface area contributed by atoms with Crippen molar-refractivity contribution in [3.8, 4) is 5.75 Å². The molecule has 2 atom stereocenters. The van der Waals surface area contributed by atoms with Gasteiger partial charge in [0, 0.05) is 18.2 Å². The van der Waals surface area contributed by atoms with Crippen LogP contribution in [-0.4, -0.2) is 63.9 Å². The first-order chi connectivity index (χ1) is 16.5. The number of benzene rings is 1. The number of aliphatic hydroxyl groups is 1. The van der Waals surface area contributed by atoms with Gasteiger partial charge < -0.3 is 30.5 Å². The molecule has 0 radical (unpaired) electrons. The summed E-state index contributed by atoms with van der Waals surface area (Å²) in [4.78, 5) is 40.7. The zero-order chi connectivity index (χ0) is 26.2. The number of aromatic hydroxyl groups is 1. The van der Waals surface area contributed by atoms with E-state index in [0.29, 0.717) is 5.56 Å².